The van der Waals surface area contributed by atoms with Gasteiger partial charge in [-0.15, -0.1) is 0 Å². The molecular weight excluding hydrogens is 369 g/mol. The second-order valence-corrected chi connectivity index (χ2v) is 8.00. The van der Waals surface area contributed by atoms with E-state index in [0.717, 1.165) is 42.6 Å². The van der Waals surface area contributed by atoms with Gasteiger partial charge in [0.2, 0.25) is 0 Å². The summed E-state index contributed by atoms with van der Waals surface area (Å²) in [7, 11) is 0. The van der Waals surface area contributed by atoms with Crippen molar-refractivity contribution >= 4 is 0 Å². The topological polar surface area (TPSA) is 56.3 Å². The molecular formula is C20H23F3N4O. The summed E-state index contributed by atoms with van der Waals surface area (Å²) in [6.07, 6.45) is 0.358. The van der Waals surface area contributed by atoms with Gasteiger partial charge in [-0.1, -0.05) is 0 Å². The minimum atomic E-state index is -0.971. The van der Waals surface area contributed by atoms with Gasteiger partial charge in [0.15, 0.2) is 6.17 Å². The first-order valence-electron chi connectivity index (χ1n) is 9.79. The lowest BCUT2D eigenvalue weighted by Gasteiger charge is -2.38. The van der Waals surface area contributed by atoms with Gasteiger partial charge in [0.1, 0.15) is 23.6 Å². The van der Waals surface area contributed by atoms with Gasteiger partial charge in [0, 0.05) is 37.3 Å². The molecule has 150 valence electrons. The van der Waals surface area contributed by atoms with Crippen molar-refractivity contribution in [2.45, 2.75) is 63.3 Å². The van der Waals surface area contributed by atoms with Crippen molar-refractivity contribution in [1.82, 2.24) is 14.5 Å². The van der Waals surface area contributed by atoms with Gasteiger partial charge in [-0.3, -0.25) is 4.90 Å². The van der Waals surface area contributed by atoms with Crippen LogP contribution in [0.15, 0.2) is 18.2 Å². The van der Waals surface area contributed by atoms with E-state index < -0.39 is 30.0 Å². The highest BCUT2D eigenvalue weighted by molar-refractivity contribution is 5.25. The standard InChI is InChI=1S/C20H23F3N4O/c21-11-3-4-14(22)13(6-11)19-16(24)7-12(10-28-19)26-8-17-18(9-26)27-5-1-2-15(23)20(27)25-17/h3-4,6,12,15-16,19H,1-2,5,7-10,24H2/t12-,15?,16+,19-/m1/s1. The van der Waals surface area contributed by atoms with Crippen molar-refractivity contribution in [1.29, 1.82) is 0 Å². The Morgan fingerprint density at radius 1 is 1.21 bits per heavy atom. The van der Waals surface area contributed by atoms with Crippen LogP contribution in [0.5, 0.6) is 0 Å². The van der Waals surface area contributed by atoms with Crippen LogP contribution >= 0.6 is 0 Å². The highest BCUT2D eigenvalue weighted by atomic mass is 19.1. The zero-order valence-corrected chi connectivity index (χ0v) is 15.5. The first-order chi connectivity index (χ1) is 13.5. The highest BCUT2D eigenvalue weighted by Gasteiger charge is 2.39. The molecule has 2 N–H and O–H groups in total. The lowest BCUT2D eigenvalue weighted by molar-refractivity contribution is -0.0536. The minimum Gasteiger partial charge on any atom is -0.370 e. The molecule has 0 saturated carbocycles. The highest BCUT2D eigenvalue weighted by Crippen LogP contribution is 2.37. The number of nitrogens with zero attached hydrogens (tertiary/aromatic N) is 3. The molecule has 0 spiro atoms. The summed E-state index contributed by atoms with van der Waals surface area (Å²) in [4.78, 5) is 6.78. The van der Waals surface area contributed by atoms with Crippen LogP contribution in [0, 0.1) is 11.6 Å². The maximum Gasteiger partial charge on any atom is 0.158 e. The molecule has 4 heterocycles. The van der Waals surface area contributed by atoms with E-state index in [-0.39, 0.29) is 11.6 Å². The molecule has 0 amide bonds. The van der Waals surface area contributed by atoms with Crippen molar-refractivity contribution in [2.24, 2.45) is 5.73 Å². The number of hydrogen-bond donors (Lipinski definition) is 1. The van der Waals surface area contributed by atoms with Gasteiger partial charge < -0.3 is 15.0 Å². The van der Waals surface area contributed by atoms with Crippen LogP contribution in [-0.2, 0) is 24.4 Å². The van der Waals surface area contributed by atoms with Gasteiger partial charge >= 0.3 is 0 Å². The van der Waals surface area contributed by atoms with E-state index in [2.05, 4.69) is 9.88 Å². The quantitative estimate of drug-likeness (QED) is 0.853. The molecule has 0 aliphatic carbocycles. The van der Waals surface area contributed by atoms with Gasteiger partial charge in [0.25, 0.3) is 0 Å². The van der Waals surface area contributed by atoms with Gasteiger partial charge in [-0.05, 0) is 37.5 Å². The molecule has 0 bridgehead atoms. The summed E-state index contributed by atoms with van der Waals surface area (Å²) < 4.78 is 49.6. The third-order valence-corrected chi connectivity index (χ3v) is 6.19. The Balaban J connectivity index is 1.29. The minimum absolute atomic E-state index is 0.0677. The van der Waals surface area contributed by atoms with Crippen molar-refractivity contribution in [3.05, 3.63) is 52.6 Å². The summed E-state index contributed by atoms with van der Waals surface area (Å²) in [5.74, 6) is -0.445. The molecule has 3 aliphatic heterocycles. The van der Waals surface area contributed by atoms with Crippen LogP contribution in [0.2, 0.25) is 0 Å². The van der Waals surface area contributed by atoms with E-state index >= 15 is 0 Å². The van der Waals surface area contributed by atoms with E-state index in [1.807, 2.05) is 4.57 Å². The Bertz CT molecular complexity index is 902. The van der Waals surface area contributed by atoms with E-state index in [9.17, 15) is 13.2 Å². The van der Waals surface area contributed by atoms with Crippen LogP contribution in [0.3, 0.4) is 0 Å². The largest absolute Gasteiger partial charge is 0.370 e. The third-order valence-electron chi connectivity index (χ3n) is 6.19. The Morgan fingerprint density at radius 2 is 2.07 bits per heavy atom. The Hall–Kier alpha value is -1.90. The van der Waals surface area contributed by atoms with Crippen LogP contribution in [0.1, 0.15) is 54.3 Å². The lowest BCUT2D eigenvalue weighted by atomic mass is 9.93. The lowest BCUT2D eigenvalue weighted by Crippen LogP contribution is -2.48. The summed E-state index contributed by atoms with van der Waals surface area (Å²) in [5, 5.41) is 0. The average molecular weight is 392 g/mol. The molecule has 8 heteroatoms. The SMILES string of the molecule is N[C@H]1C[C@@H](N2Cc3nc4n(c3C2)CCCC4F)CO[C@@H]1c1cc(F)ccc1F. The molecule has 4 atom stereocenters. The number of aromatic nitrogens is 2. The number of benzene rings is 1. The van der Waals surface area contributed by atoms with Crippen molar-refractivity contribution in [3.8, 4) is 0 Å². The molecule has 1 fully saturated rings. The smallest absolute Gasteiger partial charge is 0.158 e. The van der Waals surface area contributed by atoms with E-state index in [0.29, 0.717) is 38.4 Å². The molecule has 2 aromatic rings. The van der Waals surface area contributed by atoms with Crippen LogP contribution in [-0.4, -0.2) is 33.1 Å². The summed E-state index contributed by atoms with van der Waals surface area (Å²) in [6.45, 7) is 2.53. The molecule has 1 unspecified atom stereocenters. The predicted molar refractivity (Wildman–Crippen MR) is 96.0 cm³/mol. The second-order valence-electron chi connectivity index (χ2n) is 8.00. The van der Waals surface area contributed by atoms with Crippen molar-refractivity contribution in [2.75, 3.05) is 6.61 Å². The van der Waals surface area contributed by atoms with E-state index in [1.165, 1.54) is 0 Å². The second kappa shape index (κ2) is 6.86. The Morgan fingerprint density at radius 3 is 2.89 bits per heavy atom. The normalized spacial score (nSPS) is 30.3. The first kappa shape index (κ1) is 18.1. The zero-order chi connectivity index (χ0) is 19.4. The maximum atomic E-state index is 14.1. The van der Waals surface area contributed by atoms with Crippen molar-refractivity contribution in [3.63, 3.8) is 0 Å². The van der Waals surface area contributed by atoms with E-state index in [4.69, 9.17) is 10.5 Å². The predicted octanol–water partition coefficient (Wildman–Crippen LogP) is 3.14. The zero-order valence-electron chi connectivity index (χ0n) is 15.5. The summed E-state index contributed by atoms with van der Waals surface area (Å²) in [5.41, 5.74) is 8.48. The molecule has 1 aromatic carbocycles. The molecule has 1 aromatic heterocycles. The van der Waals surface area contributed by atoms with E-state index in [1.54, 1.807) is 0 Å². The Kier molecular flexibility index (Phi) is 4.45. The number of ether oxygens (including phenoxy) is 1. The monoisotopic (exact) mass is 392 g/mol. The molecule has 0 radical (unpaired) electrons. The van der Waals surface area contributed by atoms with Crippen LogP contribution < -0.4 is 5.73 Å². The maximum absolute atomic E-state index is 14.1. The number of halogens is 3. The third kappa shape index (κ3) is 2.94. The fraction of sp³-hybridized carbons (Fsp3) is 0.550. The van der Waals surface area contributed by atoms with Crippen LogP contribution in [0.4, 0.5) is 13.2 Å². The number of rotatable bonds is 2. The number of imidazole rings is 1. The van der Waals surface area contributed by atoms with Crippen LogP contribution in [0.25, 0.3) is 0 Å². The van der Waals surface area contributed by atoms with Gasteiger partial charge in [0.05, 0.1) is 18.0 Å². The summed E-state index contributed by atoms with van der Waals surface area (Å²) >= 11 is 0. The van der Waals surface area contributed by atoms with Gasteiger partial charge in [-0.2, -0.15) is 0 Å². The number of fused-ring (bicyclic) bond motifs is 3. The van der Waals surface area contributed by atoms with Crippen molar-refractivity contribution < 1.29 is 17.9 Å². The Labute approximate surface area is 161 Å². The molecule has 1 saturated heterocycles. The van der Waals surface area contributed by atoms with Gasteiger partial charge in [-0.25, -0.2) is 18.2 Å². The number of nitrogens with two attached hydrogens (primary N) is 1. The molecule has 5 nitrogen and oxygen atoms in total. The molecule has 28 heavy (non-hydrogen) atoms. The fourth-order valence-corrected chi connectivity index (χ4v) is 4.76. The first-order valence-corrected chi connectivity index (χ1v) is 9.79. The number of hydrogen-bond acceptors (Lipinski definition) is 4. The average Bonchev–Trinajstić information content (AvgIpc) is 3.23. The summed E-state index contributed by atoms with van der Waals surface area (Å²) in [6, 6.07) is 2.98. The fourth-order valence-electron chi connectivity index (χ4n) is 4.76. The number of alkyl halides is 1. The molecule has 5 rings (SSSR count). The molecule has 3 aliphatic rings.